The first kappa shape index (κ1) is 12.9. The lowest BCUT2D eigenvalue weighted by atomic mass is 10.3. The number of hydrogen-bond acceptors (Lipinski definition) is 3. The van der Waals surface area contributed by atoms with Crippen LogP contribution >= 0.6 is 11.3 Å². The van der Waals surface area contributed by atoms with Gasteiger partial charge in [0.25, 0.3) is 0 Å². The quantitative estimate of drug-likeness (QED) is 0.803. The van der Waals surface area contributed by atoms with Crippen LogP contribution in [0.25, 0.3) is 10.1 Å². The summed E-state index contributed by atoms with van der Waals surface area (Å²) < 4.78 is 1.37. The molecular weight excluding hydrogens is 240 g/mol. The minimum atomic E-state index is -1.26. The molecule has 0 saturated carbocycles. The molecule has 1 aromatic heterocycles. The van der Waals surface area contributed by atoms with E-state index in [-0.39, 0.29) is 0 Å². The van der Waals surface area contributed by atoms with E-state index in [2.05, 4.69) is 35.7 Å². The van der Waals surface area contributed by atoms with Gasteiger partial charge in [0.15, 0.2) is 0 Å². The number of fused-ring (bicyclic) bond motifs is 1. The summed E-state index contributed by atoms with van der Waals surface area (Å²) in [7, 11) is 0. The number of carboxylic acid groups (broad SMARTS) is 2. The molecule has 0 bridgehead atoms. The average Bonchev–Trinajstić information content (AvgIpc) is 2.75. The monoisotopic (exact) mass is 250 g/mol. The molecule has 0 radical (unpaired) electrons. The number of thiophene rings is 1. The van der Waals surface area contributed by atoms with Crippen LogP contribution in [0, 0.1) is 0 Å². The molecule has 0 aliphatic carbocycles. The first-order valence-electron chi connectivity index (χ1n) is 4.66. The van der Waals surface area contributed by atoms with Gasteiger partial charge in [-0.2, -0.15) is 0 Å². The number of benzene rings is 1. The van der Waals surface area contributed by atoms with Gasteiger partial charge < -0.3 is 10.2 Å². The largest absolute Gasteiger partial charge is 0.478 e. The lowest BCUT2D eigenvalue weighted by molar-refractivity contribution is -0.134. The van der Waals surface area contributed by atoms with E-state index < -0.39 is 11.9 Å². The van der Waals surface area contributed by atoms with Crippen molar-refractivity contribution in [1.29, 1.82) is 0 Å². The van der Waals surface area contributed by atoms with E-state index in [1.165, 1.54) is 10.1 Å². The molecule has 0 atom stereocenters. The molecule has 88 valence electrons. The highest BCUT2D eigenvalue weighted by Crippen LogP contribution is 2.18. The van der Waals surface area contributed by atoms with Crippen LogP contribution in [0.4, 0.5) is 0 Å². The van der Waals surface area contributed by atoms with Crippen molar-refractivity contribution in [3.05, 3.63) is 47.9 Å². The zero-order valence-electron chi connectivity index (χ0n) is 8.74. The zero-order chi connectivity index (χ0) is 12.7. The molecule has 0 amide bonds. The van der Waals surface area contributed by atoms with E-state index in [1.54, 1.807) is 11.3 Å². The lowest BCUT2D eigenvalue weighted by Gasteiger charge is -1.82. The summed E-state index contributed by atoms with van der Waals surface area (Å²) in [5.41, 5.74) is 0. The molecule has 0 aliphatic rings. The molecule has 2 rings (SSSR count). The maximum atomic E-state index is 9.55. The topological polar surface area (TPSA) is 74.6 Å². The van der Waals surface area contributed by atoms with E-state index >= 15 is 0 Å². The van der Waals surface area contributed by atoms with Crippen molar-refractivity contribution < 1.29 is 19.8 Å². The van der Waals surface area contributed by atoms with Crippen LogP contribution in [-0.4, -0.2) is 22.2 Å². The van der Waals surface area contributed by atoms with Crippen LogP contribution in [0.15, 0.2) is 47.9 Å². The molecule has 2 aromatic rings. The Morgan fingerprint density at radius 1 is 1.00 bits per heavy atom. The summed E-state index contributed by atoms with van der Waals surface area (Å²) in [6.07, 6.45) is 1.12. The van der Waals surface area contributed by atoms with E-state index in [1.807, 2.05) is 0 Å². The van der Waals surface area contributed by atoms with Crippen LogP contribution < -0.4 is 0 Å². The first-order valence-corrected chi connectivity index (χ1v) is 5.53. The van der Waals surface area contributed by atoms with Crippen molar-refractivity contribution in [2.75, 3.05) is 0 Å². The Morgan fingerprint density at radius 3 is 2.12 bits per heavy atom. The third-order valence-corrected chi connectivity index (χ3v) is 2.63. The van der Waals surface area contributed by atoms with Crippen molar-refractivity contribution >= 4 is 33.4 Å². The van der Waals surface area contributed by atoms with Gasteiger partial charge in [-0.05, 0) is 22.9 Å². The maximum Gasteiger partial charge on any atom is 0.328 e. The van der Waals surface area contributed by atoms with Crippen LogP contribution in [0.5, 0.6) is 0 Å². The molecule has 2 N–H and O–H groups in total. The predicted molar refractivity (Wildman–Crippen MR) is 66.2 cm³/mol. The fourth-order valence-corrected chi connectivity index (χ4v) is 1.84. The van der Waals surface area contributed by atoms with Gasteiger partial charge >= 0.3 is 11.9 Å². The third kappa shape index (κ3) is 4.94. The first-order chi connectivity index (χ1) is 8.09. The van der Waals surface area contributed by atoms with Crippen LogP contribution in [0.3, 0.4) is 0 Å². The summed E-state index contributed by atoms with van der Waals surface area (Å²) in [5, 5.41) is 19.1. The van der Waals surface area contributed by atoms with Crippen molar-refractivity contribution in [3.63, 3.8) is 0 Å². The van der Waals surface area contributed by atoms with Crippen molar-refractivity contribution in [2.45, 2.75) is 0 Å². The summed E-state index contributed by atoms with van der Waals surface area (Å²) in [6, 6.07) is 10.5. The molecule has 17 heavy (non-hydrogen) atoms. The Hall–Kier alpha value is -2.14. The van der Waals surface area contributed by atoms with Crippen LogP contribution in [0.2, 0.25) is 0 Å². The fourth-order valence-electron chi connectivity index (χ4n) is 1.05. The van der Waals surface area contributed by atoms with E-state index in [4.69, 9.17) is 10.2 Å². The number of aliphatic carboxylic acids is 2. The highest BCUT2D eigenvalue weighted by Gasteiger charge is 1.88. The van der Waals surface area contributed by atoms with E-state index in [9.17, 15) is 9.59 Å². The predicted octanol–water partition coefficient (Wildman–Crippen LogP) is 2.61. The molecule has 0 saturated heterocycles. The molecule has 1 aromatic carbocycles. The third-order valence-electron chi connectivity index (χ3n) is 1.73. The number of carbonyl (C=O) groups is 2. The molecule has 0 unspecified atom stereocenters. The Kier molecular flexibility index (Phi) is 4.90. The summed E-state index contributed by atoms with van der Waals surface area (Å²) in [4.78, 5) is 19.1. The minimum Gasteiger partial charge on any atom is -0.478 e. The second-order valence-electron chi connectivity index (χ2n) is 2.97. The zero-order valence-corrected chi connectivity index (χ0v) is 9.55. The normalized spacial score (nSPS) is 9.88. The standard InChI is InChI=1S/C8H6S.C4H4O4/c1-2-4-8-7(3-1)5-6-9-8;5-3(6)1-2-4(7)8/h1-6H;1-2H,(H,5,6)(H,7,8)/b;2-1+. The lowest BCUT2D eigenvalue weighted by Crippen LogP contribution is -1.91. The smallest absolute Gasteiger partial charge is 0.328 e. The van der Waals surface area contributed by atoms with Crippen molar-refractivity contribution in [3.8, 4) is 0 Å². The van der Waals surface area contributed by atoms with Gasteiger partial charge in [-0.25, -0.2) is 9.59 Å². The van der Waals surface area contributed by atoms with Gasteiger partial charge in [-0.1, -0.05) is 18.2 Å². The Morgan fingerprint density at radius 2 is 1.59 bits per heavy atom. The maximum absolute atomic E-state index is 9.55. The average molecular weight is 250 g/mol. The van der Waals surface area contributed by atoms with Gasteiger partial charge in [-0.3, -0.25) is 0 Å². The Bertz CT molecular complexity index is 496. The van der Waals surface area contributed by atoms with Crippen LogP contribution in [-0.2, 0) is 9.59 Å². The summed E-state index contributed by atoms with van der Waals surface area (Å²) in [5.74, 6) is -2.51. The van der Waals surface area contributed by atoms with Gasteiger partial charge in [0.2, 0.25) is 0 Å². The summed E-state index contributed by atoms with van der Waals surface area (Å²) in [6.45, 7) is 0. The molecule has 0 fully saturated rings. The summed E-state index contributed by atoms with van der Waals surface area (Å²) >= 11 is 1.79. The van der Waals surface area contributed by atoms with Gasteiger partial charge in [0.1, 0.15) is 0 Å². The SMILES string of the molecule is O=C(O)/C=C/C(=O)O.c1ccc2sccc2c1. The van der Waals surface area contributed by atoms with Gasteiger partial charge in [0.05, 0.1) is 0 Å². The highest BCUT2D eigenvalue weighted by molar-refractivity contribution is 7.17. The highest BCUT2D eigenvalue weighted by atomic mass is 32.1. The van der Waals surface area contributed by atoms with Crippen molar-refractivity contribution in [2.24, 2.45) is 0 Å². The molecular formula is C12H10O4S. The molecule has 0 spiro atoms. The van der Waals surface area contributed by atoms with E-state index in [0.717, 1.165) is 0 Å². The van der Waals surface area contributed by atoms with Gasteiger partial charge in [-0.15, -0.1) is 11.3 Å². The number of carboxylic acids is 2. The minimum absolute atomic E-state index is 0.558. The Balaban J connectivity index is 0.000000172. The van der Waals surface area contributed by atoms with Crippen molar-refractivity contribution in [1.82, 2.24) is 0 Å². The Labute approximate surface area is 101 Å². The molecule has 0 aliphatic heterocycles. The van der Waals surface area contributed by atoms with Crippen LogP contribution in [0.1, 0.15) is 0 Å². The number of rotatable bonds is 2. The van der Waals surface area contributed by atoms with Gasteiger partial charge in [0, 0.05) is 16.9 Å². The molecule has 4 nitrogen and oxygen atoms in total. The fraction of sp³-hybridized carbons (Fsp3) is 0. The number of hydrogen-bond donors (Lipinski definition) is 2. The molecule has 5 heteroatoms. The second-order valence-corrected chi connectivity index (χ2v) is 3.92. The van der Waals surface area contributed by atoms with E-state index in [0.29, 0.717) is 12.2 Å². The second kappa shape index (κ2) is 6.44. The molecule has 1 heterocycles.